The smallest absolute Gasteiger partial charge is 0.229 e. The number of hydrogen-bond acceptors (Lipinski definition) is 4. The van der Waals surface area contributed by atoms with Crippen LogP contribution in [0.1, 0.15) is 26.3 Å². The van der Waals surface area contributed by atoms with Gasteiger partial charge >= 0.3 is 0 Å². The van der Waals surface area contributed by atoms with Crippen molar-refractivity contribution in [2.45, 2.75) is 0 Å². The zero-order chi connectivity index (χ0) is 11.7. The first-order valence-corrected chi connectivity index (χ1v) is 4.57. The van der Waals surface area contributed by atoms with Crippen molar-refractivity contribution in [1.29, 1.82) is 5.26 Å². The number of benzene rings is 1. The van der Waals surface area contributed by atoms with Gasteiger partial charge in [-0.2, -0.15) is 5.26 Å². The lowest BCUT2D eigenvalue weighted by atomic mass is 9.90. The number of nitrogens with zero attached hydrogens (tertiary/aromatic N) is 1. The lowest BCUT2D eigenvalue weighted by Crippen LogP contribution is -2.19. The van der Waals surface area contributed by atoms with Gasteiger partial charge in [0.05, 0.1) is 24.3 Å². The molecule has 0 saturated carbocycles. The van der Waals surface area contributed by atoms with Gasteiger partial charge in [0, 0.05) is 11.6 Å². The molecule has 4 nitrogen and oxygen atoms in total. The first-order chi connectivity index (χ1) is 7.69. The van der Waals surface area contributed by atoms with E-state index in [0.717, 1.165) is 6.08 Å². The number of methoxy groups -OCH3 is 1. The Morgan fingerprint density at radius 3 is 2.69 bits per heavy atom. The Hall–Kier alpha value is -2.41. The van der Waals surface area contributed by atoms with Crippen LogP contribution in [0.25, 0.3) is 0 Å². The summed E-state index contributed by atoms with van der Waals surface area (Å²) < 4.78 is 4.81. The van der Waals surface area contributed by atoms with Gasteiger partial charge in [-0.1, -0.05) is 12.1 Å². The van der Waals surface area contributed by atoms with Crippen molar-refractivity contribution < 1.29 is 14.3 Å². The molecular weight excluding hydrogens is 206 g/mol. The van der Waals surface area contributed by atoms with E-state index >= 15 is 0 Å². The number of rotatable bonds is 1. The normalized spacial score (nSPS) is 13.9. The zero-order valence-corrected chi connectivity index (χ0v) is 8.48. The van der Waals surface area contributed by atoms with E-state index in [2.05, 4.69) is 0 Å². The van der Waals surface area contributed by atoms with Crippen LogP contribution < -0.4 is 0 Å². The summed E-state index contributed by atoms with van der Waals surface area (Å²) in [7, 11) is 1.32. The molecular formula is C12H7NO3. The number of ketones is 2. The SMILES string of the molecule is COC1=CC(=O)c2cccc(C#N)c2C1=O. The number of nitriles is 1. The maximum absolute atomic E-state index is 11.9. The molecule has 0 bridgehead atoms. The van der Waals surface area contributed by atoms with Gasteiger partial charge in [-0.15, -0.1) is 0 Å². The Kier molecular flexibility index (Phi) is 2.29. The summed E-state index contributed by atoms with van der Waals surface area (Å²) in [4.78, 5) is 23.5. The molecule has 0 saturated heterocycles. The average molecular weight is 213 g/mol. The Morgan fingerprint density at radius 1 is 1.31 bits per heavy atom. The van der Waals surface area contributed by atoms with E-state index in [4.69, 9.17) is 10.00 Å². The van der Waals surface area contributed by atoms with Crippen molar-refractivity contribution in [3.63, 3.8) is 0 Å². The quantitative estimate of drug-likeness (QED) is 0.708. The predicted octanol–water partition coefficient (Wildman–Crippen LogP) is 1.47. The number of Topliss-reactive ketones (excluding diaryl/α,β-unsaturated/α-hetero) is 1. The number of hydrogen-bond donors (Lipinski definition) is 0. The van der Waals surface area contributed by atoms with Gasteiger partial charge in [0.15, 0.2) is 11.5 Å². The van der Waals surface area contributed by atoms with Gasteiger partial charge in [0.25, 0.3) is 0 Å². The molecule has 0 atom stereocenters. The molecule has 1 aromatic rings. The molecule has 1 aliphatic rings. The van der Waals surface area contributed by atoms with Gasteiger partial charge < -0.3 is 4.74 Å². The van der Waals surface area contributed by atoms with Crippen LogP contribution in [0.3, 0.4) is 0 Å². The highest BCUT2D eigenvalue weighted by Gasteiger charge is 2.28. The van der Waals surface area contributed by atoms with Crippen LogP contribution in [-0.4, -0.2) is 18.7 Å². The lowest BCUT2D eigenvalue weighted by molar-refractivity contribution is 0.0916. The van der Waals surface area contributed by atoms with E-state index in [1.165, 1.54) is 19.2 Å². The van der Waals surface area contributed by atoms with E-state index in [0.29, 0.717) is 0 Å². The summed E-state index contributed by atoms with van der Waals surface area (Å²) in [5.74, 6) is -0.766. The van der Waals surface area contributed by atoms with Crippen LogP contribution in [0.2, 0.25) is 0 Å². The highest BCUT2D eigenvalue weighted by Crippen LogP contribution is 2.24. The van der Waals surface area contributed by atoms with Crippen LogP contribution in [0.15, 0.2) is 30.0 Å². The molecule has 78 valence electrons. The van der Waals surface area contributed by atoms with E-state index in [9.17, 15) is 9.59 Å². The molecule has 4 heteroatoms. The van der Waals surface area contributed by atoms with Gasteiger partial charge in [0.1, 0.15) is 0 Å². The minimum Gasteiger partial charge on any atom is -0.492 e. The van der Waals surface area contributed by atoms with Crippen molar-refractivity contribution in [2.24, 2.45) is 0 Å². The summed E-state index contributed by atoms with van der Waals surface area (Å²) >= 11 is 0. The van der Waals surface area contributed by atoms with Gasteiger partial charge in [-0.25, -0.2) is 0 Å². The lowest BCUT2D eigenvalue weighted by Gasteiger charge is -2.14. The van der Waals surface area contributed by atoms with Crippen LogP contribution >= 0.6 is 0 Å². The molecule has 1 aromatic carbocycles. The second-order valence-electron chi connectivity index (χ2n) is 3.25. The average Bonchev–Trinajstić information content (AvgIpc) is 2.32. The minimum absolute atomic E-state index is 0.0276. The van der Waals surface area contributed by atoms with Crippen molar-refractivity contribution in [1.82, 2.24) is 0 Å². The molecule has 16 heavy (non-hydrogen) atoms. The molecule has 2 rings (SSSR count). The monoisotopic (exact) mass is 213 g/mol. The van der Waals surface area contributed by atoms with Crippen LogP contribution in [0, 0.1) is 11.3 Å². The first kappa shape index (κ1) is 10.1. The van der Waals surface area contributed by atoms with E-state index in [1.54, 1.807) is 6.07 Å². The number of carbonyl (C=O) groups excluding carboxylic acids is 2. The Morgan fingerprint density at radius 2 is 2.06 bits per heavy atom. The third kappa shape index (κ3) is 1.30. The second kappa shape index (κ2) is 3.63. The largest absolute Gasteiger partial charge is 0.492 e. The van der Waals surface area contributed by atoms with Gasteiger partial charge in [-0.3, -0.25) is 9.59 Å². The molecule has 0 heterocycles. The first-order valence-electron chi connectivity index (χ1n) is 4.57. The Labute approximate surface area is 91.8 Å². The van der Waals surface area contributed by atoms with Crippen molar-refractivity contribution in [3.05, 3.63) is 46.7 Å². The van der Waals surface area contributed by atoms with E-state index in [1.807, 2.05) is 6.07 Å². The summed E-state index contributed by atoms with van der Waals surface area (Å²) in [6, 6.07) is 6.50. The van der Waals surface area contributed by atoms with E-state index in [-0.39, 0.29) is 28.2 Å². The Bertz CT molecular complexity index is 564. The van der Waals surface area contributed by atoms with Gasteiger partial charge in [-0.05, 0) is 6.07 Å². The number of fused-ring (bicyclic) bond motifs is 1. The Balaban J connectivity index is 2.73. The molecule has 0 aliphatic heterocycles. The summed E-state index contributed by atoms with van der Waals surface area (Å²) in [5, 5.41) is 8.88. The standard InChI is InChI=1S/C12H7NO3/c1-16-10-5-9(14)8-4-2-3-7(6-13)11(8)12(10)15/h2-5H,1H3. The third-order valence-corrected chi connectivity index (χ3v) is 2.38. The highest BCUT2D eigenvalue weighted by atomic mass is 16.5. The summed E-state index contributed by atoms with van der Waals surface area (Å²) in [6.45, 7) is 0. The second-order valence-corrected chi connectivity index (χ2v) is 3.25. The molecule has 0 fully saturated rings. The fourth-order valence-corrected chi connectivity index (χ4v) is 1.63. The highest BCUT2D eigenvalue weighted by molar-refractivity contribution is 6.24. The maximum atomic E-state index is 11.9. The topological polar surface area (TPSA) is 67.2 Å². The van der Waals surface area contributed by atoms with Crippen LogP contribution in [0.5, 0.6) is 0 Å². The fourth-order valence-electron chi connectivity index (χ4n) is 1.63. The van der Waals surface area contributed by atoms with Crippen LogP contribution in [-0.2, 0) is 4.74 Å². The molecule has 0 N–H and O–H groups in total. The number of carbonyl (C=O) groups is 2. The van der Waals surface area contributed by atoms with Crippen LogP contribution in [0.4, 0.5) is 0 Å². The molecule has 0 amide bonds. The summed E-state index contributed by atoms with van der Waals surface area (Å²) in [5.41, 5.74) is 0.581. The maximum Gasteiger partial charge on any atom is 0.229 e. The van der Waals surface area contributed by atoms with E-state index < -0.39 is 5.78 Å². The van der Waals surface area contributed by atoms with Crippen molar-refractivity contribution >= 4 is 11.6 Å². The molecule has 1 aliphatic carbocycles. The van der Waals surface area contributed by atoms with Gasteiger partial charge in [0.2, 0.25) is 5.78 Å². The predicted molar refractivity (Wildman–Crippen MR) is 54.9 cm³/mol. The molecule has 0 spiro atoms. The van der Waals surface area contributed by atoms with Crippen molar-refractivity contribution in [2.75, 3.05) is 7.11 Å². The zero-order valence-electron chi connectivity index (χ0n) is 8.48. The fraction of sp³-hybridized carbons (Fsp3) is 0.0833. The molecule has 0 radical (unpaired) electrons. The molecule has 0 aromatic heterocycles. The summed E-state index contributed by atoms with van der Waals surface area (Å²) in [6.07, 6.45) is 1.14. The molecule has 0 unspecified atom stereocenters. The number of allylic oxidation sites excluding steroid dienone is 2. The number of ether oxygens (including phenoxy) is 1. The minimum atomic E-state index is -0.422. The third-order valence-electron chi connectivity index (χ3n) is 2.38. The van der Waals surface area contributed by atoms with Crippen molar-refractivity contribution in [3.8, 4) is 6.07 Å².